The van der Waals surface area contributed by atoms with Gasteiger partial charge >= 0.3 is 0 Å². The maximum Gasteiger partial charge on any atom is 0.237 e. The summed E-state index contributed by atoms with van der Waals surface area (Å²) in [5, 5.41) is 37.0. The molecule has 1 heterocycles. The monoisotopic (exact) mass is 659 g/mol. The van der Waals surface area contributed by atoms with Gasteiger partial charge in [0.25, 0.3) is 0 Å². The van der Waals surface area contributed by atoms with Gasteiger partial charge in [0.2, 0.25) is 11.8 Å². The molecule has 1 saturated heterocycles. The van der Waals surface area contributed by atoms with E-state index in [1.807, 2.05) is 66.7 Å². The number of likely N-dealkylation sites (tertiary alicyclic amines) is 1. The number of nitrogens with zero attached hydrogens (tertiary/aromatic N) is 1. The Bertz CT molecular complexity index is 1490. The second-order valence-electron chi connectivity index (χ2n) is 13.8. The summed E-state index contributed by atoms with van der Waals surface area (Å²) in [5.74, 6) is 0.265. The Morgan fingerprint density at radius 1 is 0.979 bits per heavy atom. The summed E-state index contributed by atoms with van der Waals surface area (Å²) >= 11 is 0. The molecule has 0 spiro atoms. The topological polar surface area (TPSA) is 141 Å². The predicted octanol–water partition coefficient (Wildman–Crippen LogP) is 3.18. The van der Waals surface area contributed by atoms with Crippen LogP contribution in [-0.2, 0) is 22.4 Å². The van der Waals surface area contributed by atoms with Crippen molar-refractivity contribution in [1.82, 2.24) is 15.5 Å². The first-order valence-electron chi connectivity index (χ1n) is 16.8. The molecule has 3 aromatic rings. The molecule has 258 valence electrons. The predicted molar refractivity (Wildman–Crippen MR) is 183 cm³/mol. The fourth-order valence-corrected chi connectivity index (χ4v) is 6.78. The van der Waals surface area contributed by atoms with Crippen molar-refractivity contribution in [3.8, 4) is 11.5 Å². The van der Waals surface area contributed by atoms with E-state index < -0.39 is 30.2 Å². The molecule has 1 unspecified atom stereocenters. The third-order valence-electron chi connectivity index (χ3n) is 9.18. The number of carbonyl (C=O) groups is 2. The highest BCUT2D eigenvalue weighted by atomic mass is 16.5. The molecule has 0 radical (unpaired) electrons. The SMILES string of the molecule is CC(C)(C)N1C[C@@H](Oc2ccccc2)CC1C(=O)NC[C@@H](O)C[C@@H](Cc1ccc(OCCO)cc1)C(=O)N[C@H]1c2ccccc2C[C@H]1O. The average molecular weight is 660 g/mol. The van der Waals surface area contributed by atoms with Gasteiger partial charge in [-0.2, -0.15) is 0 Å². The first-order chi connectivity index (χ1) is 23.0. The number of amides is 2. The average Bonchev–Trinajstić information content (AvgIpc) is 3.64. The number of hydrogen-bond acceptors (Lipinski definition) is 8. The van der Waals surface area contributed by atoms with Gasteiger partial charge in [-0.15, -0.1) is 0 Å². The molecule has 3 aromatic carbocycles. The lowest BCUT2D eigenvalue weighted by Gasteiger charge is -2.36. The summed E-state index contributed by atoms with van der Waals surface area (Å²) in [5.41, 5.74) is 2.48. The molecule has 0 bridgehead atoms. The van der Waals surface area contributed by atoms with E-state index in [9.17, 15) is 19.8 Å². The van der Waals surface area contributed by atoms with Crippen molar-refractivity contribution in [2.45, 2.75) is 82.4 Å². The Balaban J connectivity index is 1.24. The van der Waals surface area contributed by atoms with Crippen LogP contribution in [0.1, 0.15) is 56.3 Å². The molecular weight excluding hydrogens is 610 g/mol. The number of rotatable bonds is 14. The van der Waals surface area contributed by atoms with E-state index >= 15 is 0 Å². The molecule has 6 atom stereocenters. The number of aliphatic hydroxyl groups excluding tert-OH is 3. The van der Waals surface area contributed by atoms with Crippen LogP contribution in [0.5, 0.6) is 11.5 Å². The van der Waals surface area contributed by atoms with Crippen LogP contribution in [0, 0.1) is 5.92 Å². The van der Waals surface area contributed by atoms with Crippen LogP contribution in [0.4, 0.5) is 0 Å². The third-order valence-corrected chi connectivity index (χ3v) is 9.18. The summed E-state index contributed by atoms with van der Waals surface area (Å²) < 4.78 is 11.7. The van der Waals surface area contributed by atoms with E-state index in [4.69, 9.17) is 14.6 Å². The van der Waals surface area contributed by atoms with E-state index in [1.54, 1.807) is 12.1 Å². The quantitative estimate of drug-likeness (QED) is 0.178. The number of aliphatic hydroxyl groups is 3. The highest BCUT2D eigenvalue weighted by molar-refractivity contribution is 5.82. The largest absolute Gasteiger partial charge is 0.491 e. The number of fused-ring (bicyclic) bond motifs is 1. The van der Waals surface area contributed by atoms with Gasteiger partial charge < -0.3 is 35.4 Å². The van der Waals surface area contributed by atoms with Crippen LogP contribution in [0.15, 0.2) is 78.9 Å². The van der Waals surface area contributed by atoms with Crippen LogP contribution in [0.25, 0.3) is 0 Å². The van der Waals surface area contributed by atoms with E-state index in [0.717, 1.165) is 22.4 Å². The summed E-state index contributed by atoms with van der Waals surface area (Å²) in [4.78, 5) is 29.5. The normalized spacial score (nSPS) is 22.0. The molecule has 5 rings (SSSR count). The molecule has 2 amide bonds. The highest BCUT2D eigenvalue weighted by Gasteiger charge is 2.43. The minimum Gasteiger partial charge on any atom is -0.491 e. The molecule has 10 heteroatoms. The van der Waals surface area contributed by atoms with E-state index in [2.05, 4.69) is 36.3 Å². The zero-order valence-corrected chi connectivity index (χ0v) is 28.0. The molecule has 48 heavy (non-hydrogen) atoms. The van der Waals surface area contributed by atoms with Gasteiger partial charge in [-0.05, 0) is 74.6 Å². The lowest BCUT2D eigenvalue weighted by Crippen LogP contribution is -2.52. The van der Waals surface area contributed by atoms with Crippen LogP contribution >= 0.6 is 0 Å². The minimum absolute atomic E-state index is 0.00979. The van der Waals surface area contributed by atoms with Gasteiger partial charge in [0.15, 0.2) is 0 Å². The first kappa shape index (κ1) is 35.3. The molecule has 2 aliphatic rings. The van der Waals surface area contributed by atoms with Gasteiger partial charge in [-0.3, -0.25) is 14.5 Å². The Morgan fingerprint density at radius 3 is 2.40 bits per heavy atom. The molecule has 5 N–H and O–H groups in total. The Morgan fingerprint density at radius 2 is 1.69 bits per heavy atom. The van der Waals surface area contributed by atoms with Crippen LogP contribution in [-0.4, -0.2) is 88.2 Å². The highest BCUT2D eigenvalue weighted by Crippen LogP contribution is 2.32. The van der Waals surface area contributed by atoms with Gasteiger partial charge in [0.1, 0.15) is 24.2 Å². The molecule has 10 nitrogen and oxygen atoms in total. The van der Waals surface area contributed by atoms with Crippen molar-refractivity contribution in [2.24, 2.45) is 5.92 Å². The molecule has 0 aromatic heterocycles. The van der Waals surface area contributed by atoms with Crippen LogP contribution < -0.4 is 20.1 Å². The number of nitrogens with one attached hydrogen (secondary N) is 2. The summed E-state index contributed by atoms with van der Waals surface area (Å²) in [6.07, 6.45) is -0.476. The maximum atomic E-state index is 13.8. The lowest BCUT2D eigenvalue weighted by atomic mass is 9.92. The first-order valence-corrected chi connectivity index (χ1v) is 16.8. The van der Waals surface area contributed by atoms with Crippen molar-refractivity contribution in [1.29, 1.82) is 0 Å². The van der Waals surface area contributed by atoms with Crippen molar-refractivity contribution in [2.75, 3.05) is 26.3 Å². The fraction of sp³-hybridized carbons (Fsp3) is 0.474. The number of carbonyl (C=O) groups excluding carboxylic acids is 2. The van der Waals surface area contributed by atoms with Gasteiger partial charge in [-0.25, -0.2) is 0 Å². The lowest BCUT2D eigenvalue weighted by molar-refractivity contribution is -0.128. The molecule has 0 saturated carbocycles. The zero-order chi connectivity index (χ0) is 34.3. The zero-order valence-electron chi connectivity index (χ0n) is 28.0. The third kappa shape index (κ3) is 9.14. The van der Waals surface area contributed by atoms with Crippen molar-refractivity contribution in [3.05, 3.63) is 95.6 Å². The molecule has 1 aliphatic carbocycles. The van der Waals surface area contributed by atoms with Gasteiger partial charge in [-0.1, -0.05) is 54.6 Å². The fourth-order valence-electron chi connectivity index (χ4n) is 6.78. The second kappa shape index (κ2) is 16.0. The summed E-state index contributed by atoms with van der Waals surface area (Å²) in [6, 6.07) is 23.6. The molecule has 1 fully saturated rings. The van der Waals surface area contributed by atoms with E-state index in [1.165, 1.54) is 0 Å². The number of benzene rings is 3. The van der Waals surface area contributed by atoms with Crippen molar-refractivity contribution in [3.63, 3.8) is 0 Å². The maximum absolute atomic E-state index is 13.8. The van der Waals surface area contributed by atoms with Gasteiger partial charge in [0.05, 0.1) is 30.9 Å². The van der Waals surface area contributed by atoms with Crippen molar-refractivity contribution < 1.29 is 34.4 Å². The van der Waals surface area contributed by atoms with E-state index in [0.29, 0.717) is 31.6 Å². The van der Waals surface area contributed by atoms with Crippen molar-refractivity contribution >= 4 is 11.8 Å². The number of para-hydroxylation sites is 1. The van der Waals surface area contributed by atoms with Gasteiger partial charge in [0, 0.05) is 37.4 Å². The standard InChI is InChI=1S/C38H49N3O7/c1-38(2,3)41-24-31(48-30-10-5-4-6-11-30)22-33(41)37(46)39-23-28(43)20-27(19-25-13-15-29(16-14-25)47-18-17-42)36(45)40-35-32-12-8-7-9-26(32)21-34(35)44/h4-16,27-28,31,33-35,42-44H,17-24H2,1-3H3,(H,39,46)(H,40,45)/t27-,28+,31+,33?,34-,35+/m1/s1. The van der Waals surface area contributed by atoms with Crippen LogP contribution in [0.3, 0.4) is 0 Å². The van der Waals surface area contributed by atoms with E-state index in [-0.39, 0.29) is 49.6 Å². The molecular formula is C38H49N3O7. The van der Waals surface area contributed by atoms with Crippen LogP contribution in [0.2, 0.25) is 0 Å². The summed E-state index contributed by atoms with van der Waals surface area (Å²) in [6.45, 7) is 6.89. The Kier molecular flexibility index (Phi) is 11.8. The second-order valence-corrected chi connectivity index (χ2v) is 13.8. The Hall–Kier alpha value is -3.96. The summed E-state index contributed by atoms with van der Waals surface area (Å²) in [7, 11) is 0. The number of ether oxygens (including phenoxy) is 2. The minimum atomic E-state index is -0.987. The molecule has 1 aliphatic heterocycles. The Labute approximate surface area is 283 Å². The number of hydrogen-bond donors (Lipinski definition) is 5. The smallest absolute Gasteiger partial charge is 0.237 e.